The number of phenolic OH excluding ortho intramolecular Hbond substituents is 1. The van der Waals surface area contributed by atoms with Crippen molar-refractivity contribution in [3.8, 4) is 5.75 Å². The highest BCUT2D eigenvalue weighted by molar-refractivity contribution is 5.53. The van der Waals surface area contributed by atoms with Crippen molar-refractivity contribution in [2.75, 3.05) is 52.6 Å². The Morgan fingerprint density at radius 1 is 0.844 bits per heavy atom. The molecule has 0 bridgehead atoms. The minimum absolute atomic E-state index is 0.00850. The predicted molar refractivity (Wildman–Crippen MR) is 118 cm³/mol. The number of morpholine rings is 2. The molecule has 2 aliphatic heterocycles. The highest BCUT2D eigenvalue weighted by Gasteiger charge is 2.19. The molecule has 0 spiro atoms. The van der Waals surface area contributed by atoms with Crippen molar-refractivity contribution in [2.45, 2.75) is 13.1 Å². The molecule has 0 aliphatic carbocycles. The third kappa shape index (κ3) is 5.86. The molecule has 2 fully saturated rings. The van der Waals surface area contributed by atoms with Crippen LogP contribution in [0.4, 0.5) is 17.1 Å². The molecule has 32 heavy (non-hydrogen) atoms. The van der Waals surface area contributed by atoms with Gasteiger partial charge in [-0.1, -0.05) is 0 Å². The van der Waals surface area contributed by atoms with E-state index < -0.39 is 4.92 Å². The van der Waals surface area contributed by atoms with E-state index in [0.717, 1.165) is 37.3 Å². The fraction of sp³-hybridized carbons (Fsp3) is 0.455. The number of phenols is 1. The molecule has 2 heterocycles. The summed E-state index contributed by atoms with van der Waals surface area (Å²) in [5.41, 5.74) is 2.76. The van der Waals surface area contributed by atoms with Crippen molar-refractivity contribution in [1.29, 1.82) is 0 Å². The smallest absolute Gasteiger partial charge is 0.269 e. The number of hydrogen-bond donors (Lipinski definition) is 1. The van der Waals surface area contributed by atoms with Crippen LogP contribution in [-0.4, -0.2) is 72.4 Å². The monoisotopic (exact) mass is 441 g/mol. The van der Waals surface area contributed by atoms with Crippen LogP contribution in [-0.2, 0) is 22.6 Å². The Morgan fingerprint density at radius 2 is 1.31 bits per heavy atom. The Kier molecular flexibility index (Phi) is 7.38. The topological polar surface area (TPSA) is 113 Å². The van der Waals surface area contributed by atoms with Gasteiger partial charge in [-0.25, -0.2) is 0 Å². The minimum atomic E-state index is -0.448. The molecular weight excluding hydrogens is 414 g/mol. The van der Waals surface area contributed by atoms with E-state index in [1.54, 1.807) is 12.1 Å². The number of nitro groups is 1. The van der Waals surface area contributed by atoms with Crippen LogP contribution >= 0.6 is 0 Å². The van der Waals surface area contributed by atoms with Crippen molar-refractivity contribution in [3.63, 3.8) is 0 Å². The molecule has 0 aromatic heterocycles. The first kappa shape index (κ1) is 22.3. The molecule has 0 amide bonds. The maximum absolute atomic E-state index is 11.0. The third-order valence-corrected chi connectivity index (χ3v) is 5.59. The van der Waals surface area contributed by atoms with Crippen LogP contribution in [0.1, 0.15) is 11.1 Å². The van der Waals surface area contributed by atoms with Crippen LogP contribution in [0.3, 0.4) is 0 Å². The van der Waals surface area contributed by atoms with Gasteiger partial charge >= 0.3 is 0 Å². The van der Waals surface area contributed by atoms with Gasteiger partial charge in [0.1, 0.15) is 5.75 Å². The zero-order valence-corrected chi connectivity index (χ0v) is 17.9. The van der Waals surface area contributed by atoms with Gasteiger partial charge in [-0.3, -0.25) is 19.9 Å². The van der Waals surface area contributed by atoms with Crippen molar-refractivity contribution in [1.82, 2.24) is 9.80 Å². The lowest BCUT2D eigenvalue weighted by molar-refractivity contribution is -0.384. The molecule has 2 saturated heterocycles. The first-order valence-corrected chi connectivity index (χ1v) is 10.7. The van der Waals surface area contributed by atoms with Crippen LogP contribution in [0.25, 0.3) is 0 Å². The van der Waals surface area contributed by atoms with Crippen LogP contribution in [0.5, 0.6) is 5.75 Å². The van der Waals surface area contributed by atoms with Crippen LogP contribution in [0.15, 0.2) is 46.6 Å². The largest absolute Gasteiger partial charge is 0.507 e. The predicted octanol–water partition coefficient (Wildman–Crippen LogP) is 3.38. The Bertz CT molecular complexity index is 913. The zero-order valence-electron chi connectivity index (χ0n) is 17.9. The Labute approximate surface area is 186 Å². The summed E-state index contributed by atoms with van der Waals surface area (Å²) in [5, 5.41) is 30.4. The number of non-ortho nitro benzene ring substituents is 1. The van der Waals surface area contributed by atoms with Gasteiger partial charge in [0.15, 0.2) is 0 Å². The summed E-state index contributed by atoms with van der Waals surface area (Å²) in [6.07, 6.45) is 0. The van der Waals surface area contributed by atoms with Gasteiger partial charge < -0.3 is 14.6 Å². The molecule has 170 valence electrons. The Hall–Kier alpha value is -2.92. The van der Waals surface area contributed by atoms with E-state index in [1.807, 2.05) is 12.1 Å². The summed E-state index contributed by atoms with van der Waals surface area (Å²) < 4.78 is 10.9. The molecule has 1 N–H and O–H groups in total. The number of ether oxygens (including phenoxy) is 2. The van der Waals surface area contributed by atoms with Crippen molar-refractivity contribution in [3.05, 3.63) is 57.6 Å². The molecule has 10 nitrogen and oxygen atoms in total. The number of rotatable bonds is 7. The number of hydrogen-bond acceptors (Lipinski definition) is 9. The van der Waals surface area contributed by atoms with Gasteiger partial charge in [0.25, 0.3) is 5.69 Å². The standard InChI is InChI=1S/C22H27N5O5/c28-22-17(15-25-5-9-31-10-6-25)13-20(14-18(22)16-26-7-11-32-12-8-26)24-23-19-1-3-21(4-2-19)27(29)30/h1-4,13-14,28H,5-12,15-16H2. The number of benzene rings is 2. The highest BCUT2D eigenvalue weighted by Crippen LogP contribution is 2.32. The third-order valence-electron chi connectivity index (χ3n) is 5.59. The van der Waals surface area contributed by atoms with E-state index in [4.69, 9.17) is 9.47 Å². The zero-order chi connectivity index (χ0) is 22.3. The summed E-state index contributed by atoms with van der Waals surface area (Å²) in [5.74, 6) is 0.289. The normalized spacial score (nSPS) is 18.2. The number of azo groups is 1. The molecule has 2 aromatic rings. The second kappa shape index (κ2) is 10.6. The summed E-state index contributed by atoms with van der Waals surface area (Å²) in [4.78, 5) is 14.9. The van der Waals surface area contributed by atoms with Crippen LogP contribution in [0, 0.1) is 10.1 Å². The fourth-order valence-corrected chi connectivity index (χ4v) is 3.80. The van der Waals surface area contributed by atoms with E-state index in [-0.39, 0.29) is 11.4 Å². The summed E-state index contributed by atoms with van der Waals surface area (Å²) in [6, 6.07) is 9.62. The molecule has 0 atom stereocenters. The van der Waals surface area contributed by atoms with Gasteiger partial charge in [0, 0.05) is 62.5 Å². The number of nitro benzene ring substituents is 1. The number of nitrogens with zero attached hydrogens (tertiary/aromatic N) is 5. The first-order valence-electron chi connectivity index (χ1n) is 10.7. The van der Waals surface area contributed by atoms with Gasteiger partial charge in [-0.15, -0.1) is 0 Å². The lowest BCUT2D eigenvalue weighted by atomic mass is 10.1. The molecule has 0 unspecified atom stereocenters. The van der Waals surface area contributed by atoms with Gasteiger partial charge in [-0.2, -0.15) is 10.2 Å². The quantitative estimate of drug-likeness (QED) is 0.398. The minimum Gasteiger partial charge on any atom is -0.507 e. The number of aromatic hydroxyl groups is 1. The second-order valence-electron chi connectivity index (χ2n) is 7.86. The average molecular weight is 441 g/mol. The molecule has 10 heteroatoms. The lowest BCUT2D eigenvalue weighted by Gasteiger charge is -2.29. The highest BCUT2D eigenvalue weighted by atomic mass is 16.6. The second-order valence-corrected chi connectivity index (χ2v) is 7.86. The molecule has 2 aromatic carbocycles. The summed E-state index contributed by atoms with van der Waals surface area (Å²) >= 11 is 0. The van der Waals surface area contributed by atoms with E-state index in [1.165, 1.54) is 12.1 Å². The summed E-state index contributed by atoms with van der Waals surface area (Å²) in [7, 11) is 0. The fourth-order valence-electron chi connectivity index (χ4n) is 3.80. The average Bonchev–Trinajstić information content (AvgIpc) is 2.82. The lowest BCUT2D eigenvalue weighted by Crippen LogP contribution is -2.36. The molecule has 2 aliphatic rings. The van der Waals surface area contributed by atoms with Crippen molar-refractivity contribution >= 4 is 17.1 Å². The maximum Gasteiger partial charge on any atom is 0.269 e. The first-order chi connectivity index (χ1) is 15.6. The van der Waals surface area contributed by atoms with Gasteiger partial charge in [0.05, 0.1) is 42.7 Å². The van der Waals surface area contributed by atoms with Crippen molar-refractivity contribution < 1.29 is 19.5 Å². The molecule has 0 radical (unpaired) electrons. The Morgan fingerprint density at radius 3 is 1.78 bits per heavy atom. The van der Waals surface area contributed by atoms with E-state index in [9.17, 15) is 15.2 Å². The van der Waals surface area contributed by atoms with Crippen molar-refractivity contribution in [2.24, 2.45) is 10.2 Å². The molecule has 4 rings (SSSR count). The van der Waals surface area contributed by atoms with Gasteiger partial charge in [-0.05, 0) is 24.3 Å². The van der Waals surface area contributed by atoms with Crippen LogP contribution < -0.4 is 0 Å². The van der Waals surface area contributed by atoms with Crippen LogP contribution in [0.2, 0.25) is 0 Å². The van der Waals surface area contributed by atoms with E-state index in [0.29, 0.717) is 50.9 Å². The summed E-state index contributed by atoms with van der Waals surface area (Å²) in [6.45, 7) is 7.18. The van der Waals surface area contributed by atoms with E-state index >= 15 is 0 Å². The Balaban J connectivity index is 1.58. The SMILES string of the molecule is O=[N+]([O-])c1ccc(N=Nc2cc(CN3CCOCC3)c(O)c(CN3CCOCC3)c2)cc1. The molecule has 0 saturated carbocycles. The maximum atomic E-state index is 11.0. The van der Waals surface area contributed by atoms with E-state index in [2.05, 4.69) is 20.0 Å². The molecular formula is C22H27N5O5. The van der Waals surface area contributed by atoms with Gasteiger partial charge in [0.2, 0.25) is 0 Å².